The van der Waals surface area contributed by atoms with Gasteiger partial charge in [0.15, 0.2) is 18.2 Å². The van der Waals surface area contributed by atoms with Gasteiger partial charge in [-0.3, -0.25) is 14.4 Å². The molecule has 0 aromatic carbocycles. The summed E-state index contributed by atoms with van der Waals surface area (Å²) in [5.41, 5.74) is -2.25. The van der Waals surface area contributed by atoms with Crippen molar-refractivity contribution in [3.8, 4) is 0 Å². The minimum absolute atomic E-state index is 0.0380. The summed E-state index contributed by atoms with van der Waals surface area (Å²) in [6.07, 6.45) is 8.43. The number of ether oxygens (including phenoxy) is 1. The predicted molar refractivity (Wildman–Crippen MR) is 116 cm³/mol. The third-order valence-electron chi connectivity index (χ3n) is 10.1. The molecule has 3 fully saturated rings. The van der Waals surface area contributed by atoms with E-state index in [0.29, 0.717) is 19.3 Å². The van der Waals surface area contributed by atoms with Crippen LogP contribution in [0.4, 0.5) is 4.39 Å². The molecule has 7 atom stereocenters. The molecule has 3 saturated carbocycles. The van der Waals surface area contributed by atoms with Gasteiger partial charge in [-0.2, -0.15) is 0 Å². The summed E-state index contributed by atoms with van der Waals surface area (Å²) in [4.78, 5) is 37.0. The highest BCUT2D eigenvalue weighted by Crippen LogP contribution is 2.72. The molecule has 0 N–H and O–H groups in total. The Kier molecular flexibility index (Phi) is 5.14. The summed E-state index contributed by atoms with van der Waals surface area (Å²) in [6.45, 7) is 9.73. The molecule has 0 spiro atoms. The van der Waals surface area contributed by atoms with Crippen LogP contribution in [0, 0.1) is 34.0 Å². The standard InChI is InChI=1S/C26H35FO4/c1-6-22(30)31-15-21(29)25(5)16(2)13-20-19-8-7-17-14-18(28)9-10-23(17,3)26(19,27)12-11-24(20,25)4/h9-10,14,16,19-20H,6-8,11-13,15H2,1-5H3/t16?,19?,20?,23?,24?,25?,26-/m1/s1. The molecule has 0 bridgehead atoms. The van der Waals surface area contributed by atoms with Gasteiger partial charge in [0.05, 0.1) is 0 Å². The molecular formula is C26H35FO4. The summed E-state index contributed by atoms with van der Waals surface area (Å²) >= 11 is 0. The predicted octanol–water partition coefficient (Wildman–Crippen LogP) is 5.16. The van der Waals surface area contributed by atoms with Crippen LogP contribution < -0.4 is 0 Å². The highest BCUT2D eigenvalue weighted by atomic mass is 19.1. The topological polar surface area (TPSA) is 60.4 Å². The molecule has 4 rings (SSSR count). The monoisotopic (exact) mass is 430 g/mol. The zero-order valence-electron chi connectivity index (χ0n) is 19.4. The van der Waals surface area contributed by atoms with Crippen LogP contribution in [0.25, 0.3) is 0 Å². The van der Waals surface area contributed by atoms with Crippen molar-refractivity contribution >= 4 is 17.5 Å². The van der Waals surface area contributed by atoms with Crippen LogP contribution in [0.3, 0.4) is 0 Å². The Morgan fingerprint density at radius 1 is 1.19 bits per heavy atom. The molecule has 0 radical (unpaired) electrons. The van der Waals surface area contributed by atoms with E-state index in [-0.39, 0.29) is 53.7 Å². The number of hydrogen-bond acceptors (Lipinski definition) is 4. The largest absolute Gasteiger partial charge is 0.458 e. The fourth-order valence-electron chi connectivity index (χ4n) is 7.66. The Hall–Kier alpha value is -1.78. The molecule has 0 aromatic heterocycles. The van der Waals surface area contributed by atoms with Crippen LogP contribution in [-0.4, -0.2) is 29.8 Å². The molecule has 5 heteroatoms. The van der Waals surface area contributed by atoms with E-state index in [9.17, 15) is 14.4 Å². The van der Waals surface area contributed by atoms with Crippen LogP contribution in [-0.2, 0) is 19.1 Å². The van der Waals surface area contributed by atoms with Crippen molar-refractivity contribution in [1.82, 2.24) is 0 Å². The average molecular weight is 431 g/mol. The van der Waals surface area contributed by atoms with Gasteiger partial charge < -0.3 is 4.74 Å². The molecule has 0 heterocycles. The zero-order chi connectivity index (χ0) is 22.8. The van der Waals surface area contributed by atoms with E-state index in [0.717, 1.165) is 18.4 Å². The fourth-order valence-corrected chi connectivity index (χ4v) is 7.66. The van der Waals surface area contributed by atoms with Crippen molar-refractivity contribution in [2.45, 2.75) is 78.8 Å². The molecule has 4 nitrogen and oxygen atoms in total. The van der Waals surface area contributed by atoms with Gasteiger partial charge in [-0.05, 0) is 74.3 Å². The summed E-state index contributed by atoms with van der Waals surface area (Å²) in [6, 6.07) is 0. The van der Waals surface area contributed by atoms with Crippen molar-refractivity contribution in [3.63, 3.8) is 0 Å². The molecule has 31 heavy (non-hydrogen) atoms. The van der Waals surface area contributed by atoms with Crippen molar-refractivity contribution in [2.24, 2.45) is 34.0 Å². The second-order valence-electron chi connectivity index (χ2n) is 10.9. The normalized spacial score (nSPS) is 45.9. The maximum atomic E-state index is 17.0. The second kappa shape index (κ2) is 7.11. The number of hydrogen-bond donors (Lipinski definition) is 0. The van der Waals surface area contributed by atoms with E-state index < -0.39 is 16.5 Å². The van der Waals surface area contributed by atoms with Crippen LogP contribution in [0.1, 0.15) is 73.1 Å². The van der Waals surface area contributed by atoms with E-state index in [4.69, 9.17) is 4.74 Å². The van der Waals surface area contributed by atoms with Gasteiger partial charge in [0.25, 0.3) is 0 Å². The van der Waals surface area contributed by atoms with Gasteiger partial charge in [0.2, 0.25) is 0 Å². The number of carbonyl (C=O) groups is 3. The number of Topliss-reactive ketones (excluding diaryl/α,β-unsaturated/α-hetero) is 1. The molecule has 6 unspecified atom stereocenters. The smallest absolute Gasteiger partial charge is 0.305 e. The highest BCUT2D eigenvalue weighted by molar-refractivity contribution is 6.01. The first kappa shape index (κ1) is 22.4. The number of esters is 1. The van der Waals surface area contributed by atoms with E-state index >= 15 is 4.39 Å². The molecular weight excluding hydrogens is 395 g/mol. The summed E-state index contributed by atoms with van der Waals surface area (Å²) in [5, 5.41) is 0. The van der Waals surface area contributed by atoms with E-state index in [1.807, 2.05) is 13.8 Å². The second-order valence-corrected chi connectivity index (χ2v) is 10.9. The van der Waals surface area contributed by atoms with Crippen LogP contribution in [0.15, 0.2) is 23.8 Å². The number of alkyl halides is 1. The first-order valence-electron chi connectivity index (χ1n) is 11.8. The zero-order valence-corrected chi connectivity index (χ0v) is 19.4. The first-order valence-corrected chi connectivity index (χ1v) is 11.8. The Bertz CT molecular complexity index is 890. The summed E-state index contributed by atoms with van der Waals surface area (Å²) < 4.78 is 22.2. The fraction of sp³-hybridized carbons (Fsp3) is 0.731. The first-order chi connectivity index (χ1) is 14.4. The molecule has 0 aliphatic heterocycles. The average Bonchev–Trinajstić information content (AvgIpc) is 2.94. The lowest BCUT2D eigenvalue weighted by molar-refractivity contribution is -0.164. The van der Waals surface area contributed by atoms with Crippen LogP contribution >= 0.6 is 0 Å². The van der Waals surface area contributed by atoms with Crippen LogP contribution in [0.5, 0.6) is 0 Å². The molecule has 170 valence electrons. The van der Waals surface area contributed by atoms with Gasteiger partial charge in [0, 0.05) is 17.3 Å². The number of halogens is 1. The quantitative estimate of drug-likeness (QED) is 0.578. The lowest BCUT2D eigenvalue weighted by Gasteiger charge is -2.61. The number of carbonyl (C=O) groups excluding carboxylic acids is 3. The number of rotatable bonds is 4. The van der Waals surface area contributed by atoms with Crippen molar-refractivity contribution in [3.05, 3.63) is 23.8 Å². The summed E-state index contributed by atoms with van der Waals surface area (Å²) in [7, 11) is 0. The third kappa shape index (κ3) is 2.80. The molecule has 0 aromatic rings. The third-order valence-corrected chi connectivity index (χ3v) is 10.1. The van der Waals surface area contributed by atoms with Gasteiger partial charge in [0.1, 0.15) is 5.67 Å². The summed E-state index contributed by atoms with van der Waals surface area (Å²) in [5.74, 6) is -0.434. The van der Waals surface area contributed by atoms with E-state index in [1.54, 1.807) is 19.1 Å². The number of fused-ring (bicyclic) bond motifs is 5. The lowest BCUT2D eigenvalue weighted by atomic mass is 9.44. The SMILES string of the molecule is CCC(=O)OCC(=O)C1(C)C(C)CC2C3CCC4=CC(=O)C=CC4(C)[C@@]3(F)CCC21C. The maximum absolute atomic E-state index is 17.0. The van der Waals surface area contributed by atoms with Crippen LogP contribution in [0.2, 0.25) is 0 Å². The van der Waals surface area contributed by atoms with Gasteiger partial charge >= 0.3 is 5.97 Å². The van der Waals surface area contributed by atoms with E-state index in [1.165, 1.54) is 6.08 Å². The number of ketones is 2. The molecule has 0 saturated heterocycles. The van der Waals surface area contributed by atoms with Gasteiger partial charge in [-0.25, -0.2) is 4.39 Å². The molecule has 4 aliphatic rings. The molecule has 0 amide bonds. The van der Waals surface area contributed by atoms with Gasteiger partial charge in [-0.1, -0.05) is 39.3 Å². The van der Waals surface area contributed by atoms with Crippen molar-refractivity contribution in [1.29, 1.82) is 0 Å². The van der Waals surface area contributed by atoms with Crippen molar-refractivity contribution < 1.29 is 23.5 Å². The maximum Gasteiger partial charge on any atom is 0.305 e. The van der Waals surface area contributed by atoms with E-state index in [2.05, 4.69) is 13.8 Å². The molecule has 4 aliphatic carbocycles. The minimum atomic E-state index is -1.42. The Morgan fingerprint density at radius 2 is 1.90 bits per heavy atom. The van der Waals surface area contributed by atoms with Crippen molar-refractivity contribution in [2.75, 3.05) is 6.61 Å². The highest BCUT2D eigenvalue weighted by Gasteiger charge is 2.71. The number of allylic oxidation sites excluding steroid dienone is 4. The Balaban J connectivity index is 1.67. The minimum Gasteiger partial charge on any atom is -0.458 e. The van der Waals surface area contributed by atoms with Gasteiger partial charge in [-0.15, -0.1) is 0 Å². The lowest BCUT2D eigenvalue weighted by Crippen LogP contribution is -2.61. The Morgan fingerprint density at radius 3 is 2.58 bits per heavy atom. The Labute approximate surface area is 184 Å².